The van der Waals surface area contributed by atoms with E-state index >= 15 is 0 Å². The molecule has 4 rings (SSSR count). The summed E-state index contributed by atoms with van der Waals surface area (Å²) in [4.78, 5) is 5.83. The molecule has 2 atom stereocenters. The Morgan fingerprint density at radius 1 is 1.10 bits per heavy atom. The van der Waals surface area contributed by atoms with Gasteiger partial charge in [0.05, 0.1) is 0 Å². The van der Waals surface area contributed by atoms with Gasteiger partial charge in [-0.1, -0.05) is 18.2 Å². The van der Waals surface area contributed by atoms with Gasteiger partial charge in [-0.25, -0.2) is 8.78 Å². The molecule has 2 fully saturated rings. The summed E-state index contributed by atoms with van der Waals surface area (Å²) in [7, 11) is 0. The van der Waals surface area contributed by atoms with E-state index in [2.05, 4.69) is 59.3 Å². The van der Waals surface area contributed by atoms with Crippen LogP contribution in [-0.2, 0) is 0 Å². The Morgan fingerprint density at radius 2 is 1.93 bits per heavy atom. The van der Waals surface area contributed by atoms with Crippen LogP contribution in [0.25, 0.3) is 6.08 Å². The smallest absolute Gasteiger partial charge is 0.160 e. The fourth-order valence-electron chi connectivity index (χ4n) is 3.99. The summed E-state index contributed by atoms with van der Waals surface area (Å²) in [6.45, 7) is 7.96. The summed E-state index contributed by atoms with van der Waals surface area (Å²) in [5.74, 6) is -0.670. The minimum atomic E-state index is -0.802. The van der Waals surface area contributed by atoms with E-state index in [9.17, 15) is 8.78 Å². The number of thioether (sulfide) groups is 1. The molecule has 6 heteroatoms. The van der Waals surface area contributed by atoms with Crippen molar-refractivity contribution in [1.82, 2.24) is 5.32 Å². The molecule has 2 aliphatic heterocycles. The molecule has 0 aromatic heterocycles. The standard InChI is InChI=1S/C23H27F2N3S/c1-16-14-28(17(2)13-26-16)23-6-4-3-5-18(23)11-20-15-27(9-10-29-20)19-7-8-21(24)22(25)12-19/h3-8,11-12,16-17,26H,9-10,13-15H2,1-2H3. The van der Waals surface area contributed by atoms with Gasteiger partial charge >= 0.3 is 0 Å². The predicted molar refractivity (Wildman–Crippen MR) is 120 cm³/mol. The van der Waals surface area contributed by atoms with Crippen LogP contribution in [0, 0.1) is 11.6 Å². The Labute approximate surface area is 175 Å². The van der Waals surface area contributed by atoms with Gasteiger partial charge < -0.3 is 15.1 Å². The number of halogens is 2. The second kappa shape index (κ2) is 8.76. The van der Waals surface area contributed by atoms with Crippen LogP contribution in [0.2, 0.25) is 0 Å². The molecule has 2 aliphatic rings. The lowest BCUT2D eigenvalue weighted by atomic mass is 10.1. The third kappa shape index (κ3) is 4.59. The molecule has 0 spiro atoms. The van der Waals surface area contributed by atoms with Crippen molar-refractivity contribution < 1.29 is 8.78 Å². The van der Waals surface area contributed by atoms with E-state index in [0.717, 1.165) is 31.1 Å². The van der Waals surface area contributed by atoms with Crippen molar-refractivity contribution >= 4 is 29.2 Å². The average Bonchev–Trinajstić information content (AvgIpc) is 2.72. The third-order valence-electron chi connectivity index (χ3n) is 5.59. The van der Waals surface area contributed by atoms with Gasteiger partial charge in [-0.3, -0.25) is 0 Å². The number of anilines is 2. The first kappa shape index (κ1) is 20.2. The number of benzene rings is 2. The summed E-state index contributed by atoms with van der Waals surface area (Å²) in [5.41, 5.74) is 3.20. The van der Waals surface area contributed by atoms with Crippen LogP contribution in [-0.4, -0.2) is 44.0 Å². The van der Waals surface area contributed by atoms with Crippen LogP contribution in [0.5, 0.6) is 0 Å². The zero-order valence-corrected chi connectivity index (χ0v) is 17.7. The summed E-state index contributed by atoms with van der Waals surface area (Å²) in [6, 6.07) is 13.6. The molecule has 0 radical (unpaired) electrons. The second-order valence-electron chi connectivity index (χ2n) is 7.85. The van der Waals surface area contributed by atoms with Crippen molar-refractivity contribution in [2.45, 2.75) is 25.9 Å². The van der Waals surface area contributed by atoms with Gasteiger partial charge in [-0.2, -0.15) is 0 Å². The zero-order chi connectivity index (χ0) is 20.4. The summed E-state index contributed by atoms with van der Waals surface area (Å²) in [5, 5.41) is 3.54. The molecular formula is C23H27F2N3S. The number of para-hydroxylation sites is 1. The first-order chi connectivity index (χ1) is 14.0. The molecule has 29 heavy (non-hydrogen) atoms. The molecule has 1 N–H and O–H groups in total. The fourth-order valence-corrected chi connectivity index (χ4v) is 5.02. The van der Waals surface area contributed by atoms with Crippen LogP contribution < -0.4 is 15.1 Å². The largest absolute Gasteiger partial charge is 0.366 e. The van der Waals surface area contributed by atoms with Crippen molar-refractivity contribution in [1.29, 1.82) is 0 Å². The maximum atomic E-state index is 13.7. The SMILES string of the molecule is CC1CN(c2ccccc2C=C2CN(c3ccc(F)c(F)c3)CCS2)C(C)CN1. The quantitative estimate of drug-likeness (QED) is 0.780. The summed E-state index contributed by atoms with van der Waals surface area (Å²) in [6.07, 6.45) is 2.26. The van der Waals surface area contributed by atoms with Gasteiger partial charge in [-0.05, 0) is 43.7 Å². The maximum Gasteiger partial charge on any atom is 0.160 e. The van der Waals surface area contributed by atoms with E-state index in [4.69, 9.17) is 0 Å². The fraction of sp³-hybridized carbons (Fsp3) is 0.391. The molecule has 0 bridgehead atoms. The topological polar surface area (TPSA) is 18.5 Å². The Balaban J connectivity index is 1.58. The van der Waals surface area contributed by atoms with Gasteiger partial charge in [0.25, 0.3) is 0 Å². The molecule has 2 aromatic carbocycles. The molecule has 2 aromatic rings. The number of piperazine rings is 1. The van der Waals surface area contributed by atoms with Gasteiger partial charge in [0, 0.05) is 66.4 Å². The van der Waals surface area contributed by atoms with Crippen LogP contribution in [0.15, 0.2) is 47.4 Å². The van der Waals surface area contributed by atoms with Crippen LogP contribution in [0.4, 0.5) is 20.2 Å². The number of nitrogens with one attached hydrogen (secondary N) is 1. The van der Waals surface area contributed by atoms with Gasteiger partial charge in [0.2, 0.25) is 0 Å². The van der Waals surface area contributed by atoms with Gasteiger partial charge in [0.1, 0.15) is 0 Å². The number of rotatable bonds is 3. The van der Waals surface area contributed by atoms with Gasteiger partial charge in [-0.15, -0.1) is 11.8 Å². The minimum absolute atomic E-state index is 0.434. The van der Waals surface area contributed by atoms with E-state index in [1.165, 1.54) is 28.3 Å². The highest BCUT2D eigenvalue weighted by Gasteiger charge is 2.24. The van der Waals surface area contributed by atoms with Crippen molar-refractivity contribution in [2.24, 2.45) is 0 Å². The summed E-state index contributed by atoms with van der Waals surface area (Å²) >= 11 is 1.84. The Morgan fingerprint density at radius 3 is 2.76 bits per heavy atom. The van der Waals surface area contributed by atoms with Crippen molar-refractivity contribution in [3.05, 3.63) is 64.6 Å². The van der Waals surface area contributed by atoms with Crippen LogP contribution in [0.3, 0.4) is 0 Å². The zero-order valence-electron chi connectivity index (χ0n) is 16.9. The highest BCUT2D eigenvalue weighted by molar-refractivity contribution is 8.03. The van der Waals surface area contributed by atoms with Crippen LogP contribution >= 0.6 is 11.8 Å². The number of nitrogens with zero attached hydrogens (tertiary/aromatic N) is 2. The van der Waals surface area contributed by atoms with Crippen molar-refractivity contribution in [2.75, 3.05) is 41.7 Å². The highest BCUT2D eigenvalue weighted by Crippen LogP contribution is 2.32. The Kier molecular flexibility index (Phi) is 6.11. The molecule has 154 valence electrons. The predicted octanol–water partition coefficient (Wildman–Crippen LogP) is 4.75. The lowest BCUT2D eigenvalue weighted by molar-refractivity contribution is 0.425. The van der Waals surface area contributed by atoms with E-state index in [0.29, 0.717) is 18.6 Å². The molecule has 2 saturated heterocycles. The van der Waals surface area contributed by atoms with E-state index in [-0.39, 0.29) is 0 Å². The molecular weight excluding hydrogens is 388 g/mol. The Hall–Kier alpha value is -2.05. The van der Waals surface area contributed by atoms with E-state index in [1.807, 2.05) is 11.8 Å². The van der Waals surface area contributed by atoms with E-state index < -0.39 is 11.6 Å². The molecule has 0 saturated carbocycles. The lowest BCUT2D eigenvalue weighted by Crippen LogP contribution is -2.54. The normalized spacial score (nSPS) is 24.2. The number of hydrogen-bond acceptors (Lipinski definition) is 4. The molecule has 2 unspecified atom stereocenters. The molecule has 0 aliphatic carbocycles. The number of hydrogen-bond donors (Lipinski definition) is 1. The first-order valence-corrected chi connectivity index (χ1v) is 11.1. The first-order valence-electron chi connectivity index (χ1n) is 10.1. The van der Waals surface area contributed by atoms with Gasteiger partial charge in [0.15, 0.2) is 11.6 Å². The van der Waals surface area contributed by atoms with E-state index in [1.54, 1.807) is 6.07 Å². The molecule has 2 heterocycles. The molecule has 0 amide bonds. The lowest BCUT2D eigenvalue weighted by Gasteiger charge is -2.40. The Bertz CT molecular complexity index is 901. The maximum absolute atomic E-state index is 13.7. The minimum Gasteiger partial charge on any atom is -0.366 e. The monoisotopic (exact) mass is 415 g/mol. The summed E-state index contributed by atoms with van der Waals surface area (Å²) < 4.78 is 27.0. The highest BCUT2D eigenvalue weighted by atomic mass is 32.2. The third-order valence-corrected chi connectivity index (χ3v) is 6.60. The second-order valence-corrected chi connectivity index (χ2v) is 9.07. The van der Waals surface area contributed by atoms with Crippen molar-refractivity contribution in [3.63, 3.8) is 0 Å². The van der Waals surface area contributed by atoms with Crippen LogP contribution in [0.1, 0.15) is 19.4 Å². The average molecular weight is 416 g/mol. The van der Waals surface area contributed by atoms with Crippen molar-refractivity contribution in [3.8, 4) is 0 Å². The molecule has 3 nitrogen and oxygen atoms in total.